The number of hydrogen-bond acceptors (Lipinski definition) is 5. The average molecular weight is 433 g/mol. The fourth-order valence-electron chi connectivity index (χ4n) is 2.53. The molecule has 154 valence electrons. The van der Waals surface area contributed by atoms with Crippen LogP contribution >= 0.6 is 0 Å². The summed E-state index contributed by atoms with van der Waals surface area (Å²) in [5.41, 5.74) is 3.34. The Labute approximate surface area is 175 Å². The SMILES string of the molecule is Cc1cccc(C[S+](C)c2ccc(O)cc2)c1.O=S(=O)([O-])OCc1ccccc1. The molecule has 29 heavy (non-hydrogen) atoms. The van der Waals surface area contributed by atoms with E-state index in [1.807, 2.05) is 12.1 Å². The molecule has 3 aromatic rings. The van der Waals surface area contributed by atoms with Crippen molar-refractivity contribution in [2.45, 2.75) is 24.2 Å². The minimum Gasteiger partial charge on any atom is -0.726 e. The summed E-state index contributed by atoms with van der Waals surface area (Å²) in [7, 11) is -4.38. The van der Waals surface area contributed by atoms with Gasteiger partial charge in [0.25, 0.3) is 0 Å². The summed E-state index contributed by atoms with van der Waals surface area (Å²) in [5.74, 6) is 1.40. The third-order valence-electron chi connectivity index (χ3n) is 3.92. The van der Waals surface area contributed by atoms with E-state index in [1.54, 1.807) is 42.5 Å². The maximum atomic E-state index is 10.0. The van der Waals surface area contributed by atoms with Crippen molar-refractivity contribution in [3.8, 4) is 5.75 Å². The zero-order chi connectivity index (χ0) is 21.3. The summed E-state index contributed by atoms with van der Waals surface area (Å²) in [4.78, 5) is 1.30. The number of aryl methyl sites for hydroxylation is 1. The normalized spacial score (nSPS) is 12.0. The highest BCUT2D eigenvalue weighted by molar-refractivity contribution is 7.95. The van der Waals surface area contributed by atoms with Crippen LogP contribution in [0.3, 0.4) is 0 Å². The van der Waals surface area contributed by atoms with E-state index in [0.29, 0.717) is 11.3 Å². The molecular weight excluding hydrogens is 408 g/mol. The molecule has 0 radical (unpaired) electrons. The summed E-state index contributed by atoms with van der Waals surface area (Å²) in [5, 5.41) is 9.27. The van der Waals surface area contributed by atoms with Crippen LogP contribution in [0.15, 0.2) is 83.8 Å². The van der Waals surface area contributed by atoms with Crippen LogP contribution in [0.2, 0.25) is 0 Å². The van der Waals surface area contributed by atoms with E-state index in [2.05, 4.69) is 41.6 Å². The van der Waals surface area contributed by atoms with Crippen molar-refractivity contribution < 1.29 is 22.3 Å². The van der Waals surface area contributed by atoms with E-state index >= 15 is 0 Å². The second-order valence-electron chi connectivity index (χ2n) is 6.42. The molecule has 0 saturated heterocycles. The molecule has 0 aliphatic heterocycles. The molecular formula is C22H24O5S2. The van der Waals surface area contributed by atoms with E-state index in [-0.39, 0.29) is 17.5 Å². The van der Waals surface area contributed by atoms with Gasteiger partial charge in [0, 0.05) is 16.5 Å². The molecule has 7 heteroatoms. The lowest BCUT2D eigenvalue weighted by molar-refractivity contribution is 0.253. The number of aromatic hydroxyl groups is 1. The van der Waals surface area contributed by atoms with Crippen molar-refractivity contribution in [1.29, 1.82) is 0 Å². The van der Waals surface area contributed by atoms with Gasteiger partial charge in [-0.1, -0.05) is 60.2 Å². The lowest BCUT2D eigenvalue weighted by Gasteiger charge is -2.06. The number of phenolic OH excluding ortho intramolecular Hbond substituents is 1. The fraction of sp³-hybridized carbons (Fsp3) is 0.182. The molecule has 0 bridgehead atoms. The first-order valence-corrected chi connectivity index (χ1v) is 12.0. The van der Waals surface area contributed by atoms with E-state index in [0.717, 1.165) is 5.75 Å². The van der Waals surface area contributed by atoms with Crippen LogP contribution in [-0.4, -0.2) is 24.3 Å². The molecule has 1 N–H and O–H groups in total. The van der Waals surface area contributed by atoms with Crippen LogP contribution in [0.4, 0.5) is 0 Å². The van der Waals surface area contributed by atoms with Gasteiger partial charge in [0.05, 0.1) is 6.61 Å². The Morgan fingerprint density at radius 3 is 2.14 bits per heavy atom. The largest absolute Gasteiger partial charge is 0.726 e. The summed E-state index contributed by atoms with van der Waals surface area (Å²) < 4.78 is 34.1. The van der Waals surface area contributed by atoms with Crippen LogP contribution in [-0.2, 0) is 37.8 Å². The molecule has 1 unspecified atom stereocenters. The Balaban J connectivity index is 0.000000221. The second-order valence-corrected chi connectivity index (χ2v) is 9.51. The average Bonchev–Trinajstić information content (AvgIpc) is 2.68. The van der Waals surface area contributed by atoms with Crippen molar-refractivity contribution >= 4 is 21.3 Å². The van der Waals surface area contributed by atoms with E-state index < -0.39 is 10.4 Å². The maximum absolute atomic E-state index is 10.0. The van der Waals surface area contributed by atoms with Gasteiger partial charge in [-0.3, -0.25) is 4.18 Å². The van der Waals surface area contributed by atoms with Gasteiger partial charge in [-0.25, -0.2) is 8.42 Å². The van der Waals surface area contributed by atoms with Gasteiger partial charge in [-0.15, -0.1) is 0 Å². The monoisotopic (exact) mass is 432 g/mol. The van der Waals surface area contributed by atoms with Crippen LogP contribution in [0.25, 0.3) is 0 Å². The molecule has 0 fully saturated rings. The van der Waals surface area contributed by atoms with Gasteiger partial charge in [0.15, 0.2) is 4.90 Å². The standard InChI is InChI=1S/C15H16OS.C7H8O4S/c1-12-4-3-5-13(10-12)11-17(2)15-8-6-14(16)7-9-15;8-12(9,10)11-6-7-4-2-1-3-5-7/h3-10H,11H2,1-2H3;1-5H,6H2,(H,8,9,10). The molecule has 0 aliphatic carbocycles. The van der Waals surface area contributed by atoms with Crippen molar-refractivity contribution in [2.75, 3.05) is 6.26 Å². The topological polar surface area (TPSA) is 86.7 Å². The number of phenols is 1. The second kappa shape index (κ2) is 11.0. The molecule has 0 saturated carbocycles. The highest BCUT2D eigenvalue weighted by Gasteiger charge is 2.15. The lowest BCUT2D eigenvalue weighted by Crippen LogP contribution is -2.03. The number of benzene rings is 3. The Kier molecular flexibility index (Phi) is 8.72. The van der Waals surface area contributed by atoms with Gasteiger partial charge in [0.2, 0.25) is 10.4 Å². The zero-order valence-corrected chi connectivity index (χ0v) is 17.9. The molecule has 0 aliphatic rings. The third-order valence-corrected chi connectivity index (χ3v) is 6.17. The third kappa shape index (κ3) is 9.15. The van der Waals surface area contributed by atoms with Crippen molar-refractivity contribution in [2.24, 2.45) is 0 Å². The van der Waals surface area contributed by atoms with Gasteiger partial charge < -0.3 is 9.66 Å². The minimum absolute atomic E-state index is 0.188. The quantitative estimate of drug-likeness (QED) is 0.359. The van der Waals surface area contributed by atoms with Crippen LogP contribution in [0.5, 0.6) is 5.75 Å². The maximum Gasteiger partial charge on any atom is 0.217 e. The first-order chi connectivity index (χ1) is 13.7. The first kappa shape index (κ1) is 23.0. The molecule has 0 spiro atoms. The van der Waals surface area contributed by atoms with E-state index in [9.17, 15) is 18.1 Å². The predicted octanol–water partition coefficient (Wildman–Crippen LogP) is 4.17. The zero-order valence-electron chi connectivity index (χ0n) is 16.3. The predicted molar refractivity (Wildman–Crippen MR) is 115 cm³/mol. The van der Waals surface area contributed by atoms with E-state index in [1.165, 1.54) is 16.0 Å². The Morgan fingerprint density at radius 2 is 1.55 bits per heavy atom. The van der Waals surface area contributed by atoms with E-state index in [4.69, 9.17) is 0 Å². The molecule has 0 amide bonds. The Hall–Kier alpha value is -2.32. The van der Waals surface area contributed by atoms with Crippen LogP contribution < -0.4 is 0 Å². The van der Waals surface area contributed by atoms with Crippen molar-refractivity contribution in [3.05, 3.63) is 95.6 Å². The Bertz CT molecular complexity index is 987. The highest BCUT2D eigenvalue weighted by atomic mass is 32.3. The van der Waals surface area contributed by atoms with Crippen molar-refractivity contribution in [3.63, 3.8) is 0 Å². The summed E-state index contributed by atoms with van der Waals surface area (Å²) in [6.45, 7) is 1.92. The van der Waals surface area contributed by atoms with Gasteiger partial charge in [0.1, 0.15) is 17.8 Å². The lowest BCUT2D eigenvalue weighted by atomic mass is 10.2. The molecule has 5 nitrogen and oxygen atoms in total. The number of rotatable bonds is 6. The highest BCUT2D eigenvalue weighted by Crippen LogP contribution is 2.19. The Morgan fingerprint density at radius 1 is 0.931 bits per heavy atom. The smallest absolute Gasteiger partial charge is 0.217 e. The van der Waals surface area contributed by atoms with Crippen LogP contribution in [0.1, 0.15) is 16.7 Å². The summed E-state index contributed by atoms with van der Waals surface area (Å²) in [6.07, 6.45) is 2.24. The molecule has 1 atom stereocenters. The molecule has 0 aromatic heterocycles. The van der Waals surface area contributed by atoms with Gasteiger partial charge in [-0.2, -0.15) is 0 Å². The molecule has 3 rings (SSSR count). The molecule has 0 heterocycles. The molecule has 3 aromatic carbocycles. The summed E-state index contributed by atoms with van der Waals surface area (Å²) >= 11 is 0. The van der Waals surface area contributed by atoms with Crippen LogP contribution in [0, 0.1) is 6.92 Å². The van der Waals surface area contributed by atoms with Gasteiger partial charge >= 0.3 is 0 Å². The fourth-order valence-corrected chi connectivity index (χ4v) is 4.26. The minimum atomic E-state index is -4.57. The van der Waals surface area contributed by atoms with Crippen molar-refractivity contribution in [1.82, 2.24) is 0 Å². The summed E-state index contributed by atoms with van der Waals surface area (Å²) in [6, 6.07) is 24.8. The number of hydrogen-bond donors (Lipinski definition) is 1. The van der Waals surface area contributed by atoms with Gasteiger partial charge in [-0.05, 0) is 36.8 Å². The first-order valence-electron chi connectivity index (χ1n) is 8.84.